The summed E-state index contributed by atoms with van der Waals surface area (Å²) in [7, 11) is 0. The molecule has 0 aromatic heterocycles. The molecular formula is C14H24N2O3. The Morgan fingerprint density at radius 1 is 1.11 bits per heavy atom. The summed E-state index contributed by atoms with van der Waals surface area (Å²) in [4.78, 5) is 27.7. The first-order valence-electron chi connectivity index (χ1n) is 7.32. The Kier molecular flexibility index (Phi) is 5.34. The third kappa shape index (κ3) is 4.91. The van der Waals surface area contributed by atoms with E-state index in [-0.39, 0.29) is 18.2 Å². The van der Waals surface area contributed by atoms with Gasteiger partial charge in [0.05, 0.1) is 19.6 Å². The molecule has 0 atom stereocenters. The normalized spacial score (nSPS) is 21.3. The minimum atomic E-state index is -0.269. The number of piperazine rings is 1. The molecular weight excluding hydrogens is 244 g/mol. The first kappa shape index (κ1) is 14.5. The van der Waals surface area contributed by atoms with Crippen LogP contribution in [0.4, 0.5) is 0 Å². The summed E-state index contributed by atoms with van der Waals surface area (Å²) in [6.45, 7) is 6.75. The molecule has 1 saturated carbocycles. The topological polar surface area (TPSA) is 49.9 Å². The van der Waals surface area contributed by atoms with Crippen molar-refractivity contribution in [2.75, 3.05) is 39.3 Å². The third-order valence-electron chi connectivity index (χ3n) is 3.78. The van der Waals surface area contributed by atoms with Gasteiger partial charge in [0.2, 0.25) is 0 Å². The van der Waals surface area contributed by atoms with Gasteiger partial charge < -0.3 is 4.74 Å². The minimum Gasteiger partial charge on any atom is -0.466 e. The molecule has 5 nitrogen and oxygen atoms in total. The molecule has 5 heteroatoms. The van der Waals surface area contributed by atoms with Crippen molar-refractivity contribution in [3.8, 4) is 0 Å². The second-order valence-electron chi connectivity index (χ2n) is 5.39. The van der Waals surface area contributed by atoms with Crippen LogP contribution in [0.5, 0.6) is 0 Å². The van der Waals surface area contributed by atoms with E-state index in [2.05, 4.69) is 9.80 Å². The molecule has 1 aliphatic heterocycles. The number of nitrogens with zero attached hydrogens (tertiary/aromatic N) is 2. The highest BCUT2D eigenvalue weighted by atomic mass is 16.5. The molecule has 0 unspecified atom stereocenters. The standard InChI is InChI=1S/C14H24N2O3/c1-2-19-14(18)6-5-13(17)11-15-7-9-16(10-8-15)12-3-4-12/h12H,2-11H2,1H3. The fourth-order valence-corrected chi connectivity index (χ4v) is 2.53. The highest BCUT2D eigenvalue weighted by molar-refractivity contribution is 5.84. The van der Waals surface area contributed by atoms with Crippen LogP contribution < -0.4 is 0 Å². The molecule has 2 aliphatic rings. The second kappa shape index (κ2) is 7.01. The van der Waals surface area contributed by atoms with Gasteiger partial charge in [-0.25, -0.2) is 0 Å². The van der Waals surface area contributed by atoms with Crippen molar-refractivity contribution < 1.29 is 14.3 Å². The van der Waals surface area contributed by atoms with Gasteiger partial charge in [0.25, 0.3) is 0 Å². The van der Waals surface area contributed by atoms with Crippen LogP contribution in [0, 0.1) is 0 Å². The zero-order chi connectivity index (χ0) is 13.7. The molecule has 0 spiro atoms. The Labute approximate surface area is 114 Å². The number of hydrogen-bond donors (Lipinski definition) is 0. The number of esters is 1. The van der Waals surface area contributed by atoms with E-state index in [1.165, 1.54) is 12.8 Å². The zero-order valence-corrected chi connectivity index (χ0v) is 11.8. The number of carbonyl (C=O) groups is 2. The lowest BCUT2D eigenvalue weighted by Crippen LogP contribution is -2.48. The van der Waals surface area contributed by atoms with Gasteiger partial charge in [-0.2, -0.15) is 0 Å². The summed E-state index contributed by atoms with van der Waals surface area (Å²) < 4.78 is 4.82. The van der Waals surface area contributed by atoms with Crippen molar-refractivity contribution in [1.82, 2.24) is 9.80 Å². The molecule has 1 aliphatic carbocycles. The molecule has 108 valence electrons. The van der Waals surface area contributed by atoms with Crippen LogP contribution in [0.3, 0.4) is 0 Å². The molecule has 1 heterocycles. The Morgan fingerprint density at radius 2 is 1.79 bits per heavy atom. The number of rotatable bonds is 7. The minimum absolute atomic E-state index is 0.146. The molecule has 1 saturated heterocycles. The molecule has 0 bridgehead atoms. The first-order chi connectivity index (χ1) is 9.19. The Balaban J connectivity index is 1.59. The van der Waals surface area contributed by atoms with Crippen LogP contribution in [0.1, 0.15) is 32.6 Å². The quantitative estimate of drug-likeness (QED) is 0.636. The third-order valence-corrected chi connectivity index (χ3v) is 3.78. The molecule has 2 fully saturated rings. The van der Waals surface area contributed by atoms with E-state index in [1.807, 2.05) is 0 Å². The summed E-state index contributed by atoms with van der Waals surface area (Å²) in [6.07, 6.45) is 3.22. The van der Waals surface area contributed by atoms with Crippen molar-refractivity contribution >= 4 is 11.8 Å². The van der Waals surface area contributed by atoms with Gasteiger partial charge in [-0.15, -0.1) is 0 Å². The Hall–Kier alpha value is -0.940. The summed E-state index contributed by atoms with van der Waals surface area (Å²) in [5.74, 6) is -0.123. The Bertz CT molecular complexity index is 321. The lowest BCUT2D eigenvalue weighted by atomic mass is 10.2. The molecule has 2 rings (SSSR count). The molecule has 0 aromatic rings. The lowest BCUT2D eigenvalue weighted by Gasteiger charge is -2.34. The fourth-order valence-electron chi connectivity index (χ4n) is 2.53. The van der Waals surface area contributed by atoms with Crippen LogP contribution in [-0.4, -0.2) is 66.9 Å². The predicted octanol–water partition coefficient (Wildman–Crippen LogP) is 0.679. The summed E-state index contributed by atoms with van der Waals surface area (Å²) in [6, 6.07) is 0.821. The molecule has 19 heavy (non-hydrogen) atoms. The van der Waals surface area contributed by atoms with Crippen LogP contribution in [0.2, 0.25) is 0 Å². The van der Waals surface area contributed by atoms with E-state index in [0.717, 1.165) is 32.2 Å². The van der Waals surface area contributed by atoms with Crippen LogP contribution >= 0.6 is 0 Å². The summed E-state index contributed by atoms with van der Waals surface area (Å²) in [5, 5.41) is 0. The van der Waals surface area contributed by atoms with Crippen molar-refractivity contribution in [1.29, 1.82) is 0 Å². The number of ketones is 1. The highest BCUT2D eigenvalue weighted by Gasteiger charge is 2.31. The summed E-state index contributed by atoms with van der Waals surface area (Å²) >= 11 is 0. The maximum atomic E-state index is 11.8. The van der Waals surface area contributed by atoms with E-state index in [4.69, 9.17) is 4.74 Å². The number of ether oxygens (including phenoxy) is 1. The van der Waals surface area contributed by atoms with E-state index in [0.29, 0.717) is 19.6 Å². The van der Waals surface area contributed by atoms with Crippen molar-refractivity contribution in [3.63, 3.8) is 0 Å². The SMILES string of the molecule is CCOC(=O)CCC(=O)CN1CCN(C2CC2)CC1. The largest absolute Gasteiger partial charge is 0.466 e. The Morgan fingerprint density at radius 3 is 2.37 bits per heavy atom. The molecule has 0 N–H and O–H groups in total. The van der Waals surface area contributed by atoms with Crippen molar-refractivity contribution in [2.24, 2.45) is 0 Å². The fraction of sp³-hybridized carbons (Fsp3) is 0.857. The second-order valence-corrected chi connectivity index (χ2v) is 5.39. The first-order valence-corrected chi connectivity index (χ1v) is 7.32. The highest BCUT2D eigenvalue weighted by Crippen LogP contribution is 2.27. The maximum absolute atomic E-state index is 11.8. The average Bonchev–Trinajstić information content (AvgIpc) is 3.22. The van der Waals surface area contributed by atoms with Gasteiger partial charge in [-0.05, 0) is 19.8 Å². The smallest absolute Gasteiger partial charge is 0.306 e. The van der Waals surface area contributed by atoms with Crippen LogP contribution in [0.25, 0.3) is 0 Å². The van der Waals surface area contributed by atoms with Gasteiger partial charge in [-0.3, -0.25) is 19.4 Å². The monoisotopic (exact) mass is 268 g/mol. The van der Waals surface area contributed by atoms with Gasteiger partial charge >= 0.3 is 5.97 Å². The van der Waals surface area contributed by atoms with Crippen LogP contribution in [0.15, 0.2) is 0 Å². The predicted molar refractivity (Wildman–Crippen MR) is 71.9 cm³/mol. The molecule has 0 amide bonds. The van der Waals surface area contributed by atoms with Crippen LogP contribution in [-0.2, 0) is 14.3 Å². The van der Waals surface area contributed by atoms with Gasteiger partial charge in [0.1, 0.15) is 5.78 Å². The summed E-state index contributed by atoms with van der Waals surface area (Å²) in [5.41, 5.74) is 0. The number of hydrogen-bond acceptors (Lipinski definition) is 5. The average molecular weight is 268 g/mol. The van der Waals surface area contributed by atoms with E-state index >= 15 is 0 Å². The van der Waals surface area contributed by atoms with Gasteiger partial charge in [0.15, 0.2) is 0 Å². The van der Waals surface area contributed by atoms with Gasteiger partial charge in [0, 0.05) is 38.6 Å². The van der Waals surface area contributed by atoms with Crippen molar-refractivity contribution in [3.05, 3.63) is 0 Å². The lowest BCUT2D eigenvalue weighted by molar-refractivity contribution is -0.144. The van der Waals surface area contributed by atoms with E-state index in [9.17, 15) is 9.59 Å². The van der Waals surface area contributed by atoms with Crippen molar-refractivity contribution in [2.45, 2.75) is 38.6 Å². The maximum Gasteiger partial charge on any atom is 0.306 e. The van der Waals surface area contributed by atoms with E-state index < -0.39 is 0 Å². The zero-order valence-electron chi connectivity index (χ0n) is 11.8. The number of Topliss-reactive ketones (excluding diaryl/α,β-unsaturated/α-hetero) is 1. The number of carbonyl (C=O) groups excluding carboxylic acids is 2. The van der Waals surface area contributed by atoms with Gasteiger partial charge in [-0.1, -0.05) is 0 Å². The molecule has 0 radical (unpaired) electrons. The molecule has 0 aromatic carbocycles. The van der Waals surface area contributed by atoms with E-state index in [1.54, 1.807) is 6.92 Å².